The van der Waals surface area contributed by atoms with Crippen molar-refractivity contribution in [1.82, 2.24) is 4.90 Å². The molecule has 0 aromatic heterocycles. The molecule has 18 heavy (non-hydrogen) atoms. The molecule has 1 rings (SSSR count). The summed E-state index contributed by atoms with van der Waals surface area (Å²) < 4.78 is 6.31. The minimum absolute atomic E-state index is 0.237. The third-order valence-electron chi connectivity index (χ3n) is 2.71. The van der Waals surface area contributed by atoms with Crippen LogP contribution in [-0.4, -0.2) is 30.5 Å². The van der Waals surface area contributed by atoms with Crippen LogP contribution in [0.5, 0.6) is 5.75 Å². The van der Waals surface area contributed by atoms with Gasteiger partial charge in [-0.2, -0.15) is 0 Å². The molecule has 0 saturated heterocycles. The lowest BCUT2D eigenvalue weighted by atomic mass is 10.1. The molecule has 0 unspecified atom stereocenters. The average Bonchev–Trinajstić information content (AvgIpc) is 2.27. The van der Waals surface area contributed by atoms with Crippen molar-refractivity contribution in [2.45, 2.75) is 26.4 Å². The fraction of sp³-hybridized carbons (Fsp3) is 0.462. The second kappa shape index (κ2) is 6.75. The van der Waals surface area contributed by atoms with Crippen LogP contribution in [0.4, 0.5) is 0 Å². The summed E-state index contributed by atoms with van der Waals surface area (Å²) in [5.74, 6) is 0.492. The number of hydrogen-bond donors (Lipinski definition) is 1. The Labute approximate surface area is 116 Å². The normalized spacial score (nSPS) is 11.0. The van der Waals surface area contributed by atoms with Crippen LogP contribution in [0.25, 0.3) is 0 Å². The Morgan fingerprint density at radius 1 is 1.50 bits per heavy atom. The lowest BCUT2D eigenvalue weighted by Gasteiger charge is -2.25. The average molecular weight is 315 g/mol. The number of benzene rings is 1. The smallest absolute Gasteiger partial charge is 0.231 e. The van der Waals surface area contributed by atoms with Gasteiger partial charge in [-0.05, 0) is 32.0 Å². The number of carbonyl (C=O) groups excluding carboxylic acids is 1. The highest BCUT2D eigenvalue weighted by molar-refractivity contribution is 9.10. The summed E-state index contributed by atoms with van der Waals surface area (Å²) in [4.78, 5) is 13.1. The maximum Gasteiger partial charge on any atom is 0.231 e. The summed E-state index contributed by atoms with van der Waals surface area (Å²) in [7, 11) is 1.64. The largest absolute Gasteiger partial charge is 0.496 e. The van der Waals surface area contributed by atoms with E-state index in [1.54, 1.807) is 7.11 Å². The molecule has 0 aliphatic heterocycles. The zero-order valence-corrected chi connectivity index (χ0v) is 12.5. The van der Waals surface area contributed by atoms with Crippen molar-refractivity contribution < 1.29 is 9.53 Å². The fourth-order valence-corrected chi connectivity index (χ4v) is 2.12. The molecule has 0 fully saturated rings. The van der Waals surface area contributed by atoms with E-state index in [4.69, 9.17) is 10.5 Å². The molecular weight excluding hydrogens is 296 g/mol. The lowest BCUT2D eigenvalue weighted by molar-refractivity contribution is -0.119. The van der Waals surface area contributed by atoms with Crippen molar-refractivity contribution in [3.05, 3.63) is 28.2 Å². The van der Waals surface area contributed by atoms with Crippen molar-refractivity contribution in [3.8, 4) is 5.75 Å². The van der Waals surface area contributed by atoms with E-state index in [9.17, 15) is 4.79 Å². The van der Waals surface area contributed by atoms with Crippen LogP contribution >= 0.6 is 15.9 Å². The quantitative estimate of drug-likeness (QED) is 0.875. The predicted molar refractivity (Wildman–Crippen MR) is 75.4 cm³/mol. The van der Waals surface area contributed by atoms with E-state index in [1.165, 1.54) is 0 Å². The van der Waals surface area contributed by atoms with Gasteiger partial charge in [-0.25, -0.2) is 0 Å². The Morgan fingerprint density at radius 2 is 2.17 bits per heavy atom. The molecule has 0 radical (unpaired) electrons. The van der Waals surface area contributed by atoms with Gasteiger partial charge in [0.1, 0.15) is 5.75 Å². The highest BCUT2D eigenvalue weighted by Gasteiger charge is 2.15. The Balaban J connectivity index is 2.92. The van der Waals surface area contributed by atoms with Crippen molar-refractivity contribution in [2.24, 2.45) is 5.73 Å². The Bertz CT molecular complexity index is 421. The lowest BCUT2D eigenvalue weighted by Crippen LogP contribution is -2.38. The molecule has 100 valence electrons. The maximum absolute atomic E-state index is 11.1. The van der Waals surface area contributed by atoms with E-state index >= 15 is 0 Å². The number of rotatable bonds is 6. The number of ether oxygens (including phenoxy) is 1. The summed E-state index contributed by atoms with van der Waals surface area (Å²) in [6, 6.07) is 6.06. The van der Waals surface area contributed by atoms with Gasteiger partial charge in [0.05, 0.1) is 13.7 Å². The number of carbonyl (C=O) groups is 1. The Morgan fingerprint density at radius 3 is 2.67 bits per heavy atom. The standard InChI is InChI=1S/C13H19BrN2O2/c1-9(2)16(8-13(15)17)7-10-6-11(14)4-5-12(10)18-3/h4-6,9H,7-8H2,1-3H3,(H2,15,17). The number of amides is 1. The van der Waals surface area contributed by atoms with Crippen molar-refractivity contribution in [3.63, 3.8) is 0 Å². The number of hydrogen-bond acceptors (Lipinski definition) is 3. The maximum atomic E-state index is 11.1. The molecule has 5 heteroatoms. The van der Waals surface area contributed by atoms with Gasteiger partial charge in [0.15, 0.2) is 0 Å². The molecule has 1 aromatic rings. The van der Waals surface area contributed by atoms with Crippen LogP contribution in [0, 0.1) is 0 Å². The van der Waals surface area contributed by atoms with E-state index in [0.29, 0.717) is 6.54 Å². The van der Waals surface area contributed by atoms with Crippen LogP contribution in [0.2, 0.25) is 0 Å². The minimum Gasteiger partial charge on any atom is -0.496 e. The van der Waals surface area contributed by atoms with E-state index < -0.39 is 0 Å². The summed E-state index contributed by atoms with van der Waals surface area (Å²) in [6.45, 7) is 4.94. The Hall–Kier alpha value is -1.07. The van der Waals surface area contributed by atoms with Gasteiger partial charge in [0, 0.05) is 22.6 Å². The monoisotopic (exact) mass is 314 g/mol. The van der Waals surface area contributed by atoms with Gasteiger partial charge in [0.25, 0.3) is 0 Å². The molecule has 1 amide bonds. The van der Waals surface area contributed by atoms with Crippen LogP contribution in [0.3, 0.4) is 0 Å². The van der Waals surface area contributed by atoms with Gasteiger partial charge >= 0.3 is 0 Å². The molecule has 0 atom stereocenters. The van der Waals surface area contributed by atoms with Gasteiger partial charge in [0.2, 0.25) is 5.91 Å². The predicted octanol–water partition coefficient (Wildman–Crippen LogP) is 2.15. The zero-order chi connectivity index (χ0) is 13.7. The summed E-state index contributed by atoms with van der Waals surface area (Å²) in [5, 5.41) is 0. The summed E-state index contributed by atoms with van der Waals surface area (Å²) in [6.07, 6.45) is 0. The molecule has 4 nitrogen and oxygen atoms in total. The molecule has 0 spiro atoms. The third kappa shape index (κ3) is 4.31. The fourth-order valence-electron chi connectivity index (χ4n) is 1.71. The van der Waals surface area contributed by atoms with Gasteiger partial charge in [-0.15, -0.1) is 0 Å². The molecule has 1 aromatic carbocycles. The molecular formula is C13H19BrN2O2. The summed E-state index contributed by atoms with van der Waals surface area (Å²) >= 11 is 3.44. The van der Waals surface area contributed by atoms with Crippen molar-refractivity contribution in [2.75, 3.05) is 13.7 Å². The molecule has 0 aliphatic rings. The number of halogens is 1. The minimum atomic E-state index is -0.322. The number of nitrogens with zero attached hydrogens (tertiary/aromatic N) is 1. The first-order valence-corrected chi connectivity index (χ1v) is 6.58. The number of primary amides is 1. The second-order valence-electron chi connectivity index (χ2n) is 4.42. The van der Waals surface area contributed by atoms with E-state index in [2.05, 4.69) is 15.9 Å². The van der Waals surface area contributed by atoms with Gasteiger partial charge in [-0.3, -0.25) is 9.69 Å². The van der Waals surface area contributed by atoms with Gasteiger partial charge in [-0.1, -0.05) is 15.9 Å². The zero-order valence-electron chi connectivity index (χ0n) is 10.9. The van der Waals surface area contributed by atoms with Crippen molar-refractivity contribution >= 4 is 21.8 Å². The highest BCUT2D eigenvalue weighted by Crippen LogP contribution is 2.24. The first kappa shape index (κ1) is 15.0. The molecule has 2 N–H and O–H groups in total. The third-order valence-corrected chi connectivity index (χ3v) is 3.20. The highest BCUT2D eigenvalue weighted by atomic mass is 79.9. The summed E-state index contributed by atoms with van der Waals surface area (Å²) in [5.41, 5.74) is 6.29. The first-order chi connectivity index (χ1) is 8.43. The van der Waals surface area contributed by atoms with Crippen LogP contribution in [0.1, 0.15) is 19.4 Å². The molecule has 0 aliphatic carbocycles. The topological polar surface area (TPSA) is 55.6 Å². The number of nitrogens with two attached hydrogens (primary N) is 1. The van der Waals surface area contributed by atoms with Crippen molar-refractivity contribution in [1.29, 1.82) is 0 Å². The molecule has 0 heterocycles. The van der Waals surface area contributed by atoms with E-state index in [0.717, 1.165) is 15.8 Å². The first-order valence-electron chi connectivity index (χ1n) is 5.78. The van der Waals surface area contributed by atoms with Gasteiger partial charge < -0.3 is 10.5 Å². The molecule has 0 saturated carbocycles. The van der Waals surface area contributed by atoms with Crippen LogP contribution < -0.4 is 10.5 Å². The van der Waals surface area contributed by atoms with E-state index in [1.807, 2.05) is 36.9 Å². The van der Waals surface area contributed by atoms with Crippen LogP contribution in [0.15, 0.2) is 22.7 Å². The number of methoxy groups -OCH3 is 1. The van der Waals surface area contributed by atoms with Crippen LogP contribution in [-0.2, 0) is 11.3 Å². The van der Waals surface area contributed by atoms with E-state index in [-0.39, 0.29) is 18.5 Å². The SMILES string of the molecule is COc1ccc(Br)cc1CN(CC(N)=O)C(C)C. The molecule has 0 bridgehead atoms. The Kier molecular flexibility index (Phi) is 5.62. The second-order valence-corrected chi connectivity index (χ2v) is 5.34.